The van der Waals surface area contributed by atoms with Gasteiger partial charge in [0.25, 0.3) is 0 Å². The molecule has 1 aromatic carbocycles. The monoisotopic (exact) mass is 454 g/mol. The van der Waals surface area contributed by atoms with E-state index in [-0.39, 0.29) is 18.4 Å². The molecular weight excluding hydrogens is 427 g/mol. The highest BCUT2D eigenvalue weighted by Crippen LogP contribution is 2.32. The third-order valence-corrected chi connectivity index (χ3v) is 5.82. The van der Waals surface area contributed by atoms with Gasteiger partial charge in [-0.05, 0) is 32.4 Å². The standard InChI is InChI=1S/C22H27FN8O2/c1-22(2,32)12-30-11-15(8-25-30)29-9-13(6-14(23)10-29)19-27-20-17-5-4-16(33-3)7-18(17)26-21(24)31(20)28-19/h4-5,7-8,11,13-14,32H,6,9-10,12H2,1-3H3,(H2,24,26). The number of aliphatic hydroxyl groups is 1. The van der Waals surface area contributed by atoms with Crippen LogP contribution < -0.4 is 15.4 Å². The molecule has 11 heteroatoms. The van der Waals surface area contributed by atoms with Crippen LogP contribution in [0.15, 0.2) is 30.6 Å². The van der Waals surface area contributed by atoms with Crippen molar-refractivity contribution in [2.75, 3.05) is 30.8 Å². The van der Waals surface area contributed by atoms with Gasteiger partial charge in [-0.3, -0.25) is 4.68 Å². The minimum absolute atomic E-state index is 0.210. The molecule has 2 atom stereocenters. The number of alkyl halides is 1. The second-order valence-electron chi connectivity index (χ2n) is 9.20. The molecule has 0 saturated carbocycles. The molecule has 10 nitrogen and oxygen atoms in total. The minimum atomic E-state index is -1.04. The van der Waals surface area contributed by atoms with Crippen molar-refractivity contribution in [1.29, 1.82) is 0 Å². The quantitative estimate of drug-likeness (QED) is 0.471. The van der Waals surface area contributed by atoms with Gasteiger partial charge in [-0.2, -0.15) is 9.61 Å². The van der Waals surface area contributed by atoms with E-state index in [2.05, 4.69) is 15.2 Å². The molecule has 33 heavy (non-hydrogen) atoms. The summed E-state index contributed by atoms with van der Waals surface area (Å²) in [4.78, 5) is 11.1. The maximum atomic E-state index is 14.8. The Labute approximate surface area is 189 Å². The Hall–Kier alpha value is -3.47. The van der Waals surface area contributed by atoms with Crippen LogP contribution in [0.5, 0.6) is 5.75 Å². The Kier molecular flexibility index (Phi) is 5.08. The topological polar surface area (TPSA) is 120 Å². The van der Waals surface area contributed by atoms with Gasteiger partial charge < -0.3 is 20.5 Å². The van der Waals surface area contributed by atoms with Crippen LogP contribution in [0.4, 0.5) is 16.0 Å². The summed E-state index contributed by atoms with van der Waals surface area (Å²) < 4.78 is 23.2. The summed E-state index contributed by atoms with van der Waals surface area (Å²) in [5.41, 5.74) is 7.30. The number of nitrogens with zero attached hydrogens (tertiary/aromatic N) is 7. The van der Waals surface area contributed by atoms with Crippen molar-refractivity contribution < 1.29 is 14.2 Å². The lowest BCUT2D eigenvalue weighted by atomic mass is 9.96. The van der Waals surface area contributed by atoms with Gasteiger partial charge in [-0.25, -0.2) is 14.4 Å². The van der Waals surface area contributed by atoms with Gasteiger partial charge in [-0.1, -0.05) is 0 Å². The number of hydrogen-bond donors (Lipinski definition) is 2. The number of ether oxygens (including phenoxy) is 1. The number of nitrogen functional groups attached to an aromatic ring is 1. The second-order valence-corrected chi connectivity index (χ2v) is 9.20. The molecule has 4 heterocycles. The summed E-state index contributed by atoms with van der Waals surface area (Å²) in [6.07, 6.45) is 2.81. The van der Waals surface area contributed by atoms with Crippen LogP contribution in [-0.2, 0) is 6.54 Å². The summed E-state index contributed by atoms with van der Waals surface area (Å²) in [6.45, 7) is 4.60. The van der Waals surface area contributed by atoms with E-state index in [4.69, 9.17) is 15.5 Å². The zero-order chi connectivity index (χ0) is 23.3. The van der Waals surface area contributed by atoms with E-state index in [0.29, 0.717) is 42.2 Å². The summed E-state index contributed by atoms with van der Waals surface area (Å²) >= 11 is 0. The lowest BCUT2D eigenvalue weighted by Gasteiger charge is -2.34. The van der Waals surface area contributed by atoms with E-state index in [9.17, 15) is 9.50 Å². The largest absolute Gasteiger partial charge is 0.497 e. The van der Waals surface area contributed by atoms with E-state index in [1.165, 1.54) is 4.52 Å². The van der Waals surface area contributed by atoms with Crippen LogP contribution >= 0.6 is 0 Å². The fourth-order valence-corrected chi connectivity index (χ4v) is 4.36. The number of benzene rings is 1. The lowest BCUT2D eigenvalue weighted by molar-refractivity contribution is 0.0577. The second kappa shape index (κ2) is 7.84. The summed E-state index contributed by atoms with van der Waals surface area (Å²) in [5.74, 6) is 1.19. The number of halogens is 1. The Morgan fingerprint density at radius 2 is 2.09 bits per heavy atom. The normalized spacial score (nSPS) is 19.5. The van der Waals surface area contributed by atoms with Gasteiger partial charge in [0, 0.05) is 36.7 Å². The number of anilines is 2. The molecule has 2 unspecified atom stereocenters. The molecule has 1 aliphatic rings. The van der Waals surface area contributed by atoms with Crippen molar-refractivity contribution in [3.8, 4) is 5.75 Å². The van der Waals surface area contributed by atoms with Gasteiger partial charge >= 0.3 is 0 Å². The van der Waals surface area contributed by atoms with Gasteiger partial charge in [0.05, 0.1) is 36.7 Å². The molecule has 0 spiro atoms. The summed E-state index contributed by atoms with van der Waals surface area (Å²) in [7, 11) is 1.59. The van der Waals surface area contributed by atoms with Crippen molar-refractivity contribution in [1.82, 2.24) is 29.4 Å². The first-order valence-electron chi connectivity index (χ1n) is 10.8. The predicted molar refractivity (Wildman–Crippen MR) is 122 cm³/mol. The maximum absolute atomic E-state index is 14.8. The highest BCUT2D eigenvalue weighted by molar-refractivity contribution is 5.93. The zero-order valence-electron chi connectivity index (χ0n) is 18.8. The van der Waals surface area contributed by atoms with E-state index >= 15 is 0 Å². The molecule has 4 aromatic rings. The van der Waals surface area contributed by atoms with Crippen molar-refractivity contribution >= 4 is 28.2 Å². The average Bonchev–Trinajstić information content (AvgIpc) is 3.40. The Morgan fingerprint density at radius 1 is 1.27 bits per heavy atom. The molecule has 0 aliphatic carbocycles. The third-order valence-electron chi connectivity index (χ3n) is 5.82. The molecule has 0 radical (unpaired) electrons. The number of fused-ring (bicyclic) bond motifs is 3. The molecule has 174 valence electrons. The number of methoxy groups -OCH3 is 1. The first-order chi connectivity index (χ1) is 15.7. The van der Waals surface area contributed by atoms with E-state index in [1.54, 1.807) is 37.9 Å². The Morgan fingerprint density at radius 3 is 2.85 bits per heavy atom. The van der Waals surface area contributed by atoms with Crippen molar-refractivity contribution in [3.05, 3.63) is 36.4 Å². The Bertz CT molecular complexity index is 1310. The van der Waals surface area contributed by atoms with Gasteiger partial charge in [-0.15, -0.1) is 5.10 Å². The van der Waals surface area contributed by atoms with Crippen LogP contribution in [0.3, 0.4) is 0 Å². The van der Waals surface area contributed by atoms with Gasteiger partial charge in [0.2, 0.25) is 5.95 Å². The molecule has 3 N–H and O–H groups in total. The number of aromatic nitrogens is 6. The summed E-state index contributed by atoms with van der Waals surface area (Å²) in [6, 6.07) is 5.50. The average molecular weight is 455 g/mol. The molecule has 0 amide bonds. The van der Waals surface area contributed by atoms with Crippen LogP contribution in [0.2, 0.25) is 0 Å². The van der Waals surface area contributed by atoms with Crippen LogP contribution in [0.1, 0.15) is 32.0 Å². The SMILES string of the molecule is COc1ccc2c(c1)nc(N)n1nc(C3CC(F)CN(c4cnn(CC(C)(C)O)c4)C3)nc21. The van der Waals surface area contributed by atoms with Gasteiger partial charge in [0.1, 0.15) is 11.9 Å². The first-order valence-corrected chi connectivity index (χ1v) is 10.8. The van der Waals surface area contributed by atoms with E-state index in [1.807, 2.05) is 23.2 Å². The van der Waals surface area contributed by atoms with Crippen LogP contribution in [0, 0.1) is 0 Å². The smallest absolute Gasteiger partial charge is 0.223 e. The molecule has 3 aromatic heterocycles. The Balaban J connectivity index is 1.46. The van der Waals surface area contributed by atoms with Crippen LogP contribution in [-0.4, -0.2) is 66.4 Å². The van der Waals surface area contributed by atoms with Gasteiger partial charge in [0.15, 0.2) is 11.5 Å². The van der Waals surface area contributed by atoms with Crippen molar-refractivity contribution in [2.24, 2.45) is 0 Å². The number of hydrogen-bond acceptors (Lipinski definition) is 8. The predicted octanol–water partition coefficient (Wildman–Crippen LogP) is 2.17. The first kappa shape index (κ1) is 21.4. The fraction of sp³-hybridized carbons (Fsp3) is 0.455. The maximum Gasteiger partial charge on any atom is 0.223 e. The van der Waals surface area contributed by atoms with E-state index < -0.39 is 11.8 Å². The molecule has 1 saturated heterocycles. The number of piperidine rings is 1. The van der Waals surface area contributed by atoms with E-state index in [0.717, 1.165) is 11.1 Å². The van der Waals surface area contributed by atoms with Crippen molar-refractivity contribution in [3.63, 3.8) is 0 Å². The van der Waals surface area contributed by atoms with Crippen LogP contribution in [0.25, 0.3) is 16.6 Å². The molecule has 1 fully saturated rings. The highest BCUT2D eigenvalue weighted by atomic mass is 19.1. The van der Waals surface area contributed by atoms with Crippen molar-refractivity contribution in [2.45, 2.75) is 44.5 Å². The molecule has 0 bridgehead atoms. The zero-order valence-corrected chi connectivity index (χ0v) is 18.8. The number of rotatable bonds is 5. The molecule has 5 rings (SSSR count). The minimum Gasteiger partial charge on any atom is -0.497 e. The fourth-order valence-electron chi connectivity index (χ4n) is 4.36. The molecule has 1 aliphatic heterocycles. The number of nitrogens with two attached hydrogens (primary N) is 1. The third kappa shape index (κ3) is 4.15. The summed E-state index contributed by atoms with van der Waals surface area (Å²) in [5, 5.41) is 19.7. The molecular formula is C22H27FN8O2. The lowest BCUT2D eigenvalue weighted by Crippen LogP contribution is -2.41. The highest BCUT2D eigenvalue weighted by Gasteiger charge is 2.32.